The fourth-order valence-electron chi connectivity index (χ4n) is 3.46. The Hall–Kier alpha value is -0.600. The van der Waals surface area contributed by atoms with Crippen LogP contribution < -0.4 is 0 Å². The number of nitrogens with zero attached hydrogens (tertiary/aromatic N) is 3. The summed E-state index contributed by atoms with van der Waals surface area (Å²) in [4.78, 5) is 9.81. The topological polar surface area (TPSA) is 28.1 Å². The summed E-state index contributed by atoms with van der Waals surface area (Å²) in [5, 5.41) is 1.04. The van der Waals surface area contributed by atoms with E-state index in [0.717, 1.165) is 66.1 Å². The highest BCUT2D eigenvalue weighted by molar-refractivity contribution is 8.23. The minimum absolute atomic E-state index is 0.218. The summed E-state index contributed by atoms with van der Waals surface area (Å²) < 4.78 is 6.39. The van der Waals surface area contributed by atoms with Crippen LogP contribution in [-0.2, 0) is 4.74 Å². The first kappa shape index (κ1) is 23.1. The van der Waals surface area contributed by atoms with Gasteiger partial charge in [0, 0.05) is 37.7 Å². The zero-order chi connectivity index (χ0) is 20.9. The van der Waals surface area contributed by atoms with Crippen molar-refractivity contribution >= 4 is 50.9 Å². The standard InChI is InChI=1S/C22H33N3OS3/c1-17(2)18-7-5-6-8-19(18)23-20-25(15-22(3,4)16-29-20)21(27)28-14-11-24-9-12-26-13-10-24/h5-8,17H,9-16H2,1-4H3. The van der Waals surface area contributed by atoms with E-state index in [0.29, 0.717) is 5.92 Å². The van der Waals surface area contributed by atoms with Gasteiger partial charge in [-0.1, -0.05) is 81.6 Å². The predicted molar refractivity (Wildman–Crippen MR) is 133 cm³/mol. The Morgan fingerprint density at radius 2 is 2.00 bits per heavy atom. The van der Waals surface area contributed by atoms with Crippen LogP contribution in [0.5, 0.6) is 0 Å². The van der Waals surface area contributed by atoms with Gasteiger partial charge in [0.2, 0.25) is 0 Å². The number of thioether (sulfide) groups is 2. The number of rotatable bonds is 5. The summed E-state index contributed by atoms with van der Waals surface area (Å²) in [5.74, 6) is 2.52. The second-order valence-electron chi connectivity index (χ2n) is 8.72. The molecule has 2 heterocycles. The molecule has 0 atom stereocenters. The van der Waals surface area contributed by atoms with Crippen LogP contribution in [0.1, 0.15) is 39.2 Å². The van der Waals surface area contributed by atoms with E-state index in [4.69, 9.17) is 21.9 Å². The van der Waals surface area contributed by atoms with Gasteiger partial charge in [-0.2, -0.15) is 0 Å². The van der Waals surface area contributed by atoms with E-state index in [-0.39, 0.29) is 5.41 Å². The lowest BCUT2D eigenvalue weighted by Crippen LogP contribution is -2.45. The van der Waals surface area contributed by atoms with Crippen molar-refractivity contribution in [2.24, 2.45) is 10.4 Å². The molecule has 2 fully saturated rings. The summed E-state index contributed by atoms with van der Waals surface area (Å²) >= 11 is 9.49. The molecule has 3 rings (SSSR count). The molecule has 7 heteroatoms. The average Bonchev–Trinajstić information content (AvgIpc) is 2.70. The molecule has 0 aromatic heterocycles. The summed E-state index contributed by atoms with van der Waals surface area (Å²) in [7, 11) is 0. The number of morpholine rings is 1. The molecule has 2 aliphatic heterocycles. The Labute approximate surface area is 189 Å². The minimum Gasteiger partial charge on any atom is -0.379 e. The van der Waals surface area contributed by atoms with E-state index < -0.39 is 0 Å². The van der Waals surface area contributed by atoms with E-state index in [1.165, 1.54) is 5.56 Å². The molecule has 0 bridgehead atoms. The third kappa shape index (κ3) is 6.69. The van der Waals surface area contributed by atoms with Gasteiger partial charge >= 0.3 is 0 Å². The third-order valence-electron chi connectivity index (χ3n) is 5.14. The van der Waals surface area contributed by atoms with Gasteiger partial charge in [-0.3, -0.25) is 4.90 Å². The smallest absolute Gasteiger partial charge is 0.169 e. The van der Waals surface area contributed by atoms with Crippen molar-refractivity contribution in [1.82, 2.24) is 9.80 Å². The molecular formula is C22H33N3OS3. The van der Waals surface area contributed by atoms with Crippen LogP contribution in [-0.4, -0.2) is 70.2 Å². The van der Waals surface area contributed by atoms with Crippen LogP contribution in [0.15, 0.2) is 29.3 Å². The van der Waals surface area contributed by atoms with Gasteiger partial charge in [-0.25, -0.2) is 4.99 Å². The molecular weight excluding hydrogens is 418 g/mol. The molecule has 0 aliphatic carbocycles. The van der Waals surface area contributed by atoms with Crippen LogP contribution in [0.2, 0.25) is 0 Å². The Kier molecular flexibility index (Phi) is 8.45. The molecule has 0 spiro atoms. The van der Waals surface area contributed by atoms with Gasteiger partial charge in [0.15, 0.2) is 5.17 Å². The maximum absolute atomic E-state index is 5.87. The molecule has 1 aromatic rings. The largest absolute Gasteiger partial charge is 0.379 e. The first-order valence-corrected chi connectivity index (χ1v) is 12.8. The normalized spacial score (nSPS) is 21.7. The lowest BCUT2D eigenvalue weighted by Gasteiger charge is -2.39. The van der Waals surface area contributed by atoms with Crippen molar-refractivity contribution in [2.75, 3.05) is 50.9 Å². The van der Waals surface area contributed by atoms with E-state index >= 15 is 0 Å². The third-order valence-corrected chi connectivity index (χ3v) is 8.06. The number of hydrogen-bond donors (Lipinski definition) is 0. The molecule has 160 valence electrons. The molecule has 1 aromatic carbocycles. The SMILES string of the molecule is CC(C)c1ccccc1N=C1SCC(C)(C)CN1C(=S)SCCN1CCOCC1. The second kappa shape index (κ2) is 10.6. The van der Waals surface area contributed by atoms with E-state index in [1.807, 2.05) is 11.8 Å². The fraction of sp³-hybridized carbons (Fsp3) is 0.636. The predicted octanol–water partition coefficient (Wildman–Crippen LogP) is 5.22. The van der Waals surface area contributed by atoms with Gasteiger partial charge in [0.25, 0.3) is 0 Å². The monoisotopic (exact) mass is 451 g/mol. The van der Waals surface area contributed by atoms with Crippen LogP contribution >= 0.6 is 35.7 Å². The summed E-state index contributed by atoms with van der Waals surface area (Å²) in [6.45, 7) is 14.8. The Bertz CT molecular complexity index is 730. The molecule has 0 amide bonds. The zero-order valence-electron chi connectivity index (χ0n) is 18.0. The summed E-state index contributed by atoms with van der Waals surface area (Å²) in [6.07, 6.45) is 0. The van der Waals surface area contributed by atoms with Crippen LogP contribution in [0.3, 0.4) is 0 Å². The van der Waals surface area contributed by atoms with Crippen molar-refractivity contribution in [3.63, 3.8) is 0 Å². The molecule has 0 radical (unpaired) electrons. The van der Waals surface area contributed by atoms with Gasteiger partial charge < -0.3 is 9.64 Å². The number of aliphatic imine (C=N–C) groups is 1. The zero-order valence-corrected chi connectivity index (χ0v) is 20.5. The van der Waals surface area contributed by atoms with Crippen molar-refractivity contribution < 1.29 is 4.74 Å². The number of thiocarbonyl (C=S) groups is 1. The van der Waals surface area contributed by atoms with Crippen molar-refractivity contribution in [3.05, 3.63) is 29.8 Å². The first-order chi connectivity index (χ1) is 13.9. The van der Waals surface area contributed by atoms with Gasteiger partial charge in [0.1, 0.15) is 4.32 Å². The Morgan fingerprint density at radius 1 is 1.28 bits per heavy atom. The lowest BCUT2D eigenvalue weighted by atomic mass is 9.96. The number of para-hydroxylation sites is 1. The molecule has 0 saturated carbocycles. The van der Waals surface area contributed by atoms with Crippen molar-refractivity contribution in [1.29, 1.82) is 0 Å². The second-order valence-corrected chi connectivity index (χ2v) is 11.4. The Morgan fingerprint density at radius 3 is 2.72 bits per heavy atom. The highest BCUT2D eigenvalue weighted by Gasteiger charge is 2.33. The molecule has 0 unspecified atom stereocenters. The minimum atomic E-state index is 0.218. The molecule has 4 nitrogen and oxygen atoms in total. The number of benzene rings is 1. The average molecular weight is 452 g/mol. The summed E-state index contributed by atoms with van der Waals surface area (Å²) in [5.41, 5.74) is 2.57. The van der Waals surface area contributed by atoms with Crippen molar-refractivity contribution in [3.8, 4) is 0 Å². The maximum atomic E-state index is 5.87. The van der Waals surface area contributed by atoms with Gasteiger partial charge in [0.05, 0.1) is 18.9 Å². The highest BCUT2D eigenvalue weighted by Crippen LogP contribution is 2.36. The van der Waals surface area contributed by atoms with E-state index in [1.54, 1.807) is 11.8 Å². The number of hydrogen-bond acceptors (Lipinski definition) is 6. The molecule has 0 N–H and O–H groups in total. The summed E-state index contributed by atoms with van der Waals surface area (Å²) in [6, 6.07) is 8.47. The van der Waals surface area contributed by atoms with Crippen LogP contribution in [0, 0.1) is 5.41 Å². The van der Waals surface area contributed by atoms with Gasteiger partial charge in [-0.15, -0.1) is 0 Å². The van der Waals surface area contributed by atoms with E-state index in [2.05, 4.69) is 61.8 Å². The lowest BCUT2D eigenvalue weighted by molar-refractivity contribution is 0.0410. The Balaban J connectivity index is 1.71. The first-order valence-electron chi connectivity index (χ1n) is 10.4. The molecule has 2 aliphatic rings. The number of ether oxygens (including phenoxy) is 1. The van der Waals surface area contributed by atoms with Crippen molar-refractivity contribution in [2.45, 2.75) is 33.6 Å². The fourth-order valence-corrected chi connectivity index (χ4v) is 5.89. The molecule has 29 heavy (non-hydrogen) atoms. The van der Waals surface area contributed by atoms with Gasteiger partial charge in [-0.05, 0) is 23.0 Å². The van der Waals surface area contributed by atoms with Crippen LogP contribution in [0.25, 0.3) is 0 Å². The van der Waals surface area contributed by atoms with E-state index in [9.17, 15) is 0 Å². The van der Waals surface area contributed by atoms with Crippen LogP contribution in [0.4, 0.5) is 5.69 Å². The highest BCUT2D eigenvalue weighted by atomic mass is 32.2. The maximum Gasteiger partial charge on any atom is 0.169 e. The number of amidine groups is 1. The molecule has 2 saturated heterocycles. The quantitative estimate of drug-likeness (QED) is 0.570.